The number of ketones is 1. The van der Waals surface area contributed by atoms with Gasteiger partial charge in [0.15, 0.2) is 0 Å². The summed E-state index contributed by atoms with van der Waals surface area (Å²) in [6.07, 6.45) is 1.61. The number of carbonyl (C=O) groups is 4. The summed E-state index contributed by atoms with van der Waals surface area (Å²) in [5.74, 6) is -0.00923. The number of rotatable bonds is 10. The lowest BCUT2D eigenvalue weighted by atomic mass is 9.73. The van der Waals surface area contributed by atoms with Crippen LogP contribution < -0.4 is 16.0 Å². The van der Waals surface area contributed by atoms with Crippen molar-refractivity contribution in [1.29, 1.82) is 0 Å². The van der Waals surface area contributed by atoms with Crippen molar-refractivity contribution in [3.05, 3.63) is 10.6 Å². The first kappa shape index (κ1) is 25.5. The van der Waals surface area contributed by atoms with E-state index >= 15 is 0 Å². The van der Waals surface area contributed by atoms with E-state index in [0.29, 0.717) is 19.4 Å². The molecule has 0 saturated carbocycles. The molecule has 0 aromatic rings. The maximum atomic E-state index is 13.0. The van der Waals surface area contributed by atoms with E-state index in [9.17, 15) is 24.3 Å². The lowest BCUT2D eigenvalue weighted by Crippen LogP contribution is -2.62. The molecule has 0 radical (unpaired) electrons. The molecule has 0 aliphatic carbocycles. The van der Waals surface area contributed by atoms with E-state index in [0.717, 1.165) is 29.5 Å². The molecule has 34 heavy (non-hydrogen) atoms. The lowest BCUT2D eigenvalue weighted by molar-refractivity contribution is -0.160. The molecule has 0 bridgehead atoms. The normalized spacial score (nSPS) is 33.6. The Hall–Kier alpha value is -1.56. The first-order valence-electron chi connectivity index (χ1n) is 12.0. The van der Waals surface area contributed by atoms with Gasteiger partial charge >= 0.3 is 5.97 Å². The van der Waals surface area contributed by atoms with Crippen LogP contribution in [0.1, 0.15) is 40.0 Å². The number of β-lactam (4-membered cyclic amide) rings is 1. The van der Waals surface area contributed by atoms with Crippen molar-refractivity contribution < 1.29 is 24.3 Å². The smallest absolute Gasteiger partial charge is 0.353 e. The van der Waals surface area contributed by atoms with E-state index in [1.54, 1.807) is 23.5 Å². The number of nitrogens with one attached hydrogen (secondary N) is 3. The number of carbonyl (C=O) groups excluding carboxylic acids is 3. The Bertz CT molecular complexity index is 891. The topological polar surface area (TPSA) is 128 Å². The molecule has 188 valence electrons. The van der Waals surface area contributed by atoms with Crippen LogP contribution in [0.25, 0.3) is 0 Å². The fourth-order valence-electron chi connectivity index (χ4n) is 5.51. The van der Waals surface area contributed by atoms with Gasteiger partial charge in [0.05, 0.1) is 18.0 Å². The number of carboxylic acid groups (broad SMARTS) is 1. The zero-order valence-corrected chi connectivity index (χ0v) is 21.5. The highest BCUT2D eigenvalue weighted by molar-refractivity contribution is 8.03. The van der Waals surface area contributed by atoms with Crippen LogP contribution in [-0.2, 0) is 19.2 Å². The zero-order chi connectivity index (χ0) is 24.6. The van der Waals surface area contributed by atoms with Gasteiger partial charge < -0.3 is 20.6 Å². The molecule has 0 spiro atoms. The maximum absolute atomic E-state index is 13.0. The van der Waals surface area contributed by atoms with Crippen LogP contribution in [0.4, 0.5) is 0 Å². The predicted molar refractivity (Wildman–Crippen MR) is 132 cm³/mol. The maximum Gasteiger partial charge on any atom is 0.353 e. The second kappa shape index (κ2) is 10.6. The molecule has 4 heterocycles. The number of carboxylic acids is 1. The summed E-state index contributed by atoms with van der Waals surface area (Å²) in [6.45, 7) is 6.99. The summed E-state index contributed by atoms with van der Waals surface area (Å²) in [6, 6.07) is -0.196. The van der Waals surface area contributed by atoms with Crippen molar-refractivity contribution in [2.75, 3.05) is 24.7 Å². The molecule has 9 nitrogen and oxygen atoms in total. The quantitative estimate of drug-likeness (QED) is 0.318. The van der Waals surface area contributed by atoms with Crippen LogP contribution in [0.15, 0.2) is 10.6 Å². The molecular weight excluding hydrogens is 476 g/mol. The Kier molecular flexibility index (Phi) is 7.95. The van der Waals surface area contributed by atoms with Crippen molar-refractivity contribution in [1.82, 2.24) is 20.9 Å². The van der Waals surface area contributed by atoms with Gasteiger partial charge in [0, 0.05) is 59.7 Å². The number of amides is 2. The van der Waals surface area contributed by atoms with Gasteiger partial charge in [-0.1, -0.05) is 20.8 Å². The van der Waals surface area contributed by atoms with Crippen LogP contribution in [0.3, 0.4) is 0 Å². The van der Waals surface area contributed by atoms with E-state index in [4.69, 9.17) is 0 Å². The minimum absolute atomic E-state index is 0.0211. The first-order valence-corrected chi connectivity index (χ1v) is 14.1. The summed E-state index contributed by atoms with van der Waals surface area (Å²) in [5, 5.41) is 19.7. The van der Waals surface area contributed by atoms with Crippen LogP contribution >= 0.6 is 23.5 Å². The van der Waals surface area contributed by atoms with Crippen LogP contribution in [0.2, 0.25) is 0 Å². The average molecular weight is 511 g/mol. The third-order valence-electron chi connectivity index (χ3n) is 7.38. The predicted octanol–water partition coefficient (Wildman–Crippen LogP) is 1.01. The third-order valence-corrected chi connectivity index (χ3v) is 9.83. The van der Waals surface area contributed by atoms with E-state index in [-0.39, 0.29) is 64.4 Å². The van der Waals surface area contributed by atoms with Gasteiger partial charge in [-0.3, -0.25) is 19.7 Å². The van der Waals surface area contributed by atoms with Gasteiger partial charge in [-0.05, 0) is 12.3 Å². The number of Topliss-reactive ketones (excluding diaryl/α,β-unsaturated/α-hetero) is 1. The van der Waals surface area contributed by atoms with Crippen LogP contribution in [0, 0.1) is 17.8 Å². The standard InChI is InChI=1S/C23H34N4O5S2/c1-4-14(28)5-11(2)17-18-12(3)20(19(23(31)32)27(18)22(17)30)34-15-6-13(24-8-15)7-25-21(29)16-9-33-10-26-16/h11-13,15-18,24,26H,4-10H2,1-3H3,(H,25,29)(H,31,32)/t11-,12+,13-,15-,16-,17+,18+/m0/s1. The molecule has 0 unspecified atom stereocenters. The third kappa shape index (κ3) is 4.89. The number of thioether (sulfide) groups is 2. The van der Waals surface area contributed by atoms with Gasteiger partial charge in [-0.2, -0.15) is 0 Å². The van der Waals surface area contributed by atoms with Crippen molar-refractivity contribution in [3.63, 3.8) is 0 Å². The minimum Gasteiger partial charge on any atom is -0.477 e. The first-order chi connectivity index (χ1) is 16.2. The van der Waals surface area contributed by atoms with Crippen molar-refractivity contribution in [2.45, 2.75) is 63.4 Å². The highest BCUT2D eigenvalue weighted by Crippen LogP contribution is 2.53. The van der Waals surface area contributed by atoms with E-state index in [1.165, 1.54) is 4.90 Å². The molecule has 11 heteroatoms. The molecule has 2 amide bonds. The summed E-state index contributed by atoms with van der Waals surface area (Å²) in [4.78, 5) is 51.5. The number of hydrogen-bond donors (Lipinski definition) is 4. The largest absolute Gasteiger partial charge is 0.477 e. The lowest BCUT2D eigenvalue weighted by Gasteiger charge is -2.47. The average Bonchev–Trinajstić information content (AvgIpc) is 3.53. The fourth-order valence-corrected chi connectivity index (χ4v) is 7.98. The van der Waals surface area contributed by atoms with Gasteiger partial charge in [0.2, 0.25) is 11.8 Å². The molecule has 4 N–H and O–H groups in total. The van der Waals surface area contributed by atoms with Crippen molar-refractivity contribution >= 4 is 47.1 Å². The SMILES string of the molecule is CCC(=O)C[C@H](C)[C@H]1C(=O)N2C(C(=O)O)=C(S[C@@H]3CN[C@H](CNC(=O)[C@@H]4CSCN4)C3)[C@H](C)[C@H]12. The van der Waals surface area contributed by atoms with Gasteiger partial charge in [0.25, 0.3) is 0 Å². The summed E-state index contributed by atoms with van der Waals surface area (Å²) >= 11 is 3.26. The van der Waals surface area contributed by atoms with Gasteiger partial charge in [0.1, 0.15) is 11.5 Å². The van der Waals surface area contributed by atoms with E-state index in [1.807, 2.05) is 20.8 Å². The molecule has 0 aromatic carbocycles. The van der Waals surface area contributed by atoms with Crippen LogP contribution in [-0.4, -0.2) is 81.7 Å². The number of hydrogen-bond acceptors (Lipinski definition) is 8. The van der Waals surface area contributed by atoms with Gasteiger partial charge in [-0.25, -0.2) is 4.79 Å². The Morgan fingerprint density at radius 1 is 1.32 bits per heavy atom. The Balaban J connectivity index is 1.37. The summed E-state index contributed by atoms with van der Waals surface area (Å²) in [7, 11) is 0. The monoisotopic (exact) mass is 510 g/mol. The highest BCUT2D eigenvalue weighted by atomic mass is 32.2. The van der Waals surface area contributed by atoms with Crippen LogP contribution in [0.5, 0.6) is 0 Å². The van der Waals surface area contributed by atoms with Crippen molar-refractivity contribution in [3.8, 4) is 0 Å². The van der Waals surface area contributed by atoms with E-state index < -0.39 is 5.97 Å². The molecule has 7 atom stereocenters. The minimum atomic E-state index is -1.07. The molecule has 3 fully saturated rings. The molecular formula is C23H34N4O5S2. The van der Waals surface area contributed by atoms with E-state index in [2.05, 4.69) is 16.0 Å². The summed E-state index contributed by atoms with van der Waals surface area (Å²) < 4.78 is 0. The zero-order valence-electron chi connectivity index (χ0n) is 19.8. The fraction of sp³-hybridized carbons (Fsp3) is 0.739. The number of aliphatic carboxylic acids is 1. The number of fused-ring (bicyclic) bond motifs is 1. The molecule has 3 saturated heterocycles. The Morgan fingerprint density at radius 3 is 2.74 bits per heavy atom. The molecule has 0 aromatic heterocycles. The van der Waals surface area contributed by atoms with Crippen molar-refractivity contribution in [2.24, 2.45) is 17.8 Å². The highest BCUT2D eigenvalue weighted by Gasteiger charge is 2.60. The molecule has 4 aliphatic rings. The Labute approximate surface area is 208 Å². The summed E-state index contributed by atoms with van der Waals surface area (Å²) in [5.41, 5.74) is 0.110. The second-order valence-electron chi connectivity index (χ2n) is 9.70. The van der Waals surface area contributed by atoms with Gasteiger partial charge in [-0.15, -0.1) is 23.5 Å². The second-order valence-corrected chi connectivity index (χ2v) is 12.1. The molecule has 4 rings (SSSR count). The molecule has 4 aliphatic heterocycles. The number of nitrogens with zero attached hydrogens (tertiary/aromatic N) is 1. The Morgan fingerprint density at radius 2 is 2.09 bits per heavy atom.